The molecule has 0 spiro atoms. The van der Waals surface area contributed by atoms with Gasteiger partial charge in [-0.05, 0) is 55.7 Å². The summed E-state index contributed by atoms with van der Waals surface area (Å²) in [6.45, 7) is 5.42. The first-order valence-corrected chi connectivity index (χ1v) is 12.6. The molecule has 4 rings (SSSR count). The maximum atomic E-state index is 11.7. The van der Waals surface area contributed by atoms with Gasteiger partial charge in [-0.1, -0.05) is 24.3 Å². The smallest absolute Gasteiger partial charge is 0.306 e. The van der Waals surface area contributed by atoms with E-state index in [0.29, 0.717) is 28.3 Å². The van der Waals surface area contributed by atoms with Crippen molar-refractivity contribution in [2.75, 3.05) is 18.2 Å². The van der Waals surface area contributed by atoms with Crippen LogP contribution in [0.2, 0.25) is 0 Å². The lowest BCUT2D eigenvalue weighted by Gasteiger charge is -2.17. The highest BCUT2D eigenvalue weighted by atomic mass is 32.2. The number of primary amides is 1. The predicted molar refractivity (Wildman–Crippen MR) is 135 cm³/mol. The Bertz CT molecular complexity index is 1520. The maximum absolute atomic E-state index is 11.7. The molecule has 0 radical (unpaired) electrons. The molecule has 3 N–H and O–H groups in total. The Morgan fingerprint density at radius 3 is 2.43 bits per heavy atom. The van der Waals surface area contributed by atoms with E-state index in [0.717, 1.165) is 23.1 Å². The molecule has 0 bridgehead atoms. The van der Waals surface area contributed by atoms with Crippen molar-refractivity contribution in [3.63, 3.8) is 0 Å². The molecular weight excluding hydrogens is 468 g/mol. The van der Waals surface area contributed by atoms with Gasteiger partial charge in [0.05, 0.1) is 6.26 Å². The number of carbonyl (C=O) groups is 1. The lowest BCUT2D eigenvalue weighted by molar-refractivity contribution is -0.119. The number of para-hydroxylation sites is 1. The standard InChI is InChI=1S/C25H26N4O5S/c1-15-8-7-9-16(2)23(15)28-25-24(27-21-10-5-6-11-29(21)25)22-17(3)12-18(34-35(4,31)32)13-19(22)33-14-20(26)30/h5-13,28H,14H2,1-4H3,(H2,26,30). The van der Waals surface area contributed by atoms with Crippen LogP contribution in [-0.4, -0.2) is 36.6 Å². The summed E-state index contributed by atoms with van der Waals surface area (Å²) in [5.41, 5.74) is 10.8. The van der Waals surface area contributed by atoms with Gasteiger partial charge in [0.15, 0.2) is 6.61 Å². The molecule has 2 aromatic heterocycles. The number of amides is 1. The molecule has 9 nitrogen and oxygen atoms in total. The number of carbonyl (C=O) groups excluding carboxylic acids is 1. The van der Waals surface area contributed by atoms with E-state index in [1.165, 1.54) is 6.07 Å². The number of pyridine rings is 1. The van der Waals surface area contributed by atoms with E-state index in [9.17, 15) is 13.2 Å². The van der Waals surface area contributed by atoms with Crippen LogP contribution in [0.25, 0.3) is 16.9 Å². The minimum atomic E-state index is -3.78. The molecule has 1 amide bonds. The third-order valence-electron chi connectivity index (χ3n) is 5.38. The van der Waals surface area contributed by atoms with Crippen LogP contribution >= 0.6 is 0 Å². The van der Waals surface area contributed by atoms with Gasteiger partial charge in [0.1, 0.15) is 28.7 Å². The number of nitrogens with two attached hydrogens (primary N) is 1. The highest BCUT2D eigenvalue weighted by Crippen LogP contribution is 2.42. The summed E-state index contributed by atoms with van der Waals surface area (Å²) in [5.74, 6) is 0.283. The maximum Gasteiger partial charge on any atom is 0.306 e. The Labute approximate surface area is 203 Å². The quantitative estimate of drug-likeness (QED) is 0.356. The summed E-state index contributed by atoms with van der Waals surface area (Å²) in [6.07, 6.45) is 2.84. The highest BCUT2D eigenvalue weighted by Gasteiger charge is 2.23. The van der Waals surface area contributed by atoms with Crippen LogP contribution < -0.4 is 20.0 Å². The lowest BCUT2D eigenvalue weighted by Crippen LogP contribution is -2.20. The van der Waals surface area contributed by atoms with Crippen molar-refractivity contribution in [2.45, 2.75) is 20.8 Å². The van der Waals surface area contributed by atoms with Crippen molar-refractivity contribution >= 4 is 33.2 Å². The van der Waals surface area contributed by atoms with Gasteiger partial charge in [0.25, 0.3) is 5.91 Å². The number of rotatable bonds is 8. The molecule has 182 valence electrons. The monoisotopic (exact) mass is 494 g/mol. The first-order valence-electron chi connectivity index (χ1n) is 10.8. The first-order chi connectivity index (χ1) is 16.5. The van der Waals surface area contributed by atoms with E-state index in [4.69, 9.17) is 19.6 Å². The zero-order valence-electron chi connectivity index (χ0n) is 19.8. The fourth-order valence-corrected chi connectivity index (χ4v) is 4.38. The third-order valence-corrected chi connectivity index (χ3v) is 5.88. The van der Waals surface area contributed by atoms with E-state index in [1.807, 2.05) is 60.8 Å². The number of hydrogen-bond donors (Lipinski definition) is 2. The summed E-state index contributed by atoms with van der Waals surface area (Å²) in [5, 5.41) is 3.53. The van der Waals surface area contributed by atoms with E-state index in [1.54, 1.807) is 13.0 Å². The van der Waals surface area contributed by atoms with Crippen LogP contribution in [0.4, 0.5) is 11.5 Å². The number of aromatic nitrogens is 2. The Kier molecular flexibility index (Phi) is 6.40. The second kappa shape index (κ2) is 9.30. The average Bonchev–Trinajstić information content (AvgIpc) is 3.11. The Hall–Kier alpha value is -4.05. The normalized spacial score (nSPS) is 11.4. The summed E-state index contributed by atoms with van der Waals surface area (Å²) in [7, 11) is -3.78. The van der Waals surface area contributed by atoms with Crippen molar-refractivity contribution in [1.29, 1.82) is 0 Å². The van der Waals surface area contributed by atoms with Gasteiger partial charge in [-0.3, -0.25) is 9.20 Å². The van der Waals surface area contributed by atoms with Crippen LogP contribution in [0.15, 0.2) is 54.7 Å². The second-order valence-corrected chi connectivity index (χ2v) is 9.86. The van der Waals surface area contributed by atoms with Gasteiger partial charge in [-0.2, -0.15) is 8.42 Å². The van der Waals surface area contributed by atoms with Crippen LogP contribution in [0.3, 0.4) is 0 Å². The van der Waals surface area contributed by atoms with Crippen LogP contribution in [0.5, 0.6) is 11.5 Å². The molecule has 0 aliphatic rings. The van der Waals surface area contributed by atoms with E-state index in [-0.39, 0.29) is 11.5 Å². The zero-order valence-corrected chi connectivity index (χ0v) is 20.6. The van der Waals surface area contributed by atoms with Crippen molar-refractivity contribution in [1.82, 2.24) is 9.38 Å². The molecule has 4 aromatic rings. The molecule has 0 saturated carbocycles. The van der Waals surface area contributed by atoms with Gasteiger partial charge < -0.3 is 20.0 Å². The number of aryl methyl sites for hydroxylation is 3. The number of fused-ring (bicyclic) bond motifs is 1. The Morgan fingerprint density at radius 1 is 1.06 bits per heavy atom. The van der Waals surface area contributed by atoms with Gasteiger partial charge in [0, 0.05) is 23.5 Å². The number of ether oxygens (including phenoxy) is 1. The number of anilines is 2. The van der Waals surface area contributed by atoms with Gasteiger partial charge in [0.2, 0.25) is 0 Å². The predicted octanol–water partition coefficient (Wildman–Crippen LogP) is 3.87. The summed E-state index contributed by atoms with van der Waals surface area (Å²) >= 11 is 0. The Morgan fingerprint density at radius 2 is 1.77 bits per heavy atom. The van der Waals surface area contributed by atoms with E-state index < -0.39 is 22.6 Å². The molecule has 35 heavy (non-hydrogen) atoms. The molecule has 0 fully saturated rings. The molecule has 0 aliphatic heterocycles. The molecular formula is C25H26N4O5S. The summed E-state index contributed by atoms with van der Waals surface area (Å²) in [4.78, 5) is 16.3. The van der Waals surface area contributed by atoms with Crippen LogP contribution in [0, 0.1) is 20.8 Å². The highest BCUT2D eigenvalue weighted by molar-refractivity contribution is 7.86. The summed E-state index contributed by atoms with van der Waals surface area (Å²) in [6, 6.07) is 14.7. The molecule has 0 unspecified atom stereocenters. The van der Waals surface area contributed by atoms with E-state index in [2.05, 4.69) is 5.32 Å². The number of nitrogens with zero attached hydrogens (tertiary/aromatic N) is 2. The van der Waals surface area contributed by atoms with Crippen LogP contribution in [-0.2, 0) is 14.9 Å². The van der Waals surface area contributed by atoms with Crippen LogP contribution in [0.1, 0.15) is 16.7 Å². The number of nitrogens with one attached hydrogen (secondary N) is 1. The number of benzene rings is 2. The van der Waals surface area contributed by atoms with Gasteiger partial charge in [-0.15, -0.1) is 0 Å². The zero-order chi connectivity index (χ0) is 25.3. The van der Waals surface area contributed by atoms with Gasteiger partial charge >= 0.3 is 10.1 Å². The molecule has 2 heterocycles. The third kappa shape index (κ3) is 5.22. The number of hydrogen-bond acceptors (Lipinski definition) is 7. The molecule has 2 aromatic carbocycles. The summed E-state index contributed by atoms with van der Waals surface area (Å²) < 4.78 is 36.1. The largest absolute Gasteiger partial charge is 0.483 e. The van der Waals surface area contributed by atoms with Crippen molar-refractivity contribution in [3.05, 3.63) is 71.4 Å². The second-order valence-electron chi connectivity index (χ2n) is 8.29. The molecule has 0 saturated heterocycles. The minimum Gasteiger partial charge on any atom is -0.483 e. The SMILES string of the molecule is Cc1cccc(C)c1Nc1c(-c2c(C)cc(OS(C)(=O)=O)cc2OCC(N)=O)nc2ccccn12. The molecule has 0 atom stereocenters. The fraction of sp³-hybridized carbons (Fsp3) is 0.200. The van der Waals surface area contributed by atoms with Gasteiger partial charge in [-0.25, -0.2) is 4.98 Å². The first kappa shape index (κ1) is 24.1. The van der Waals surface area contributed by atoms with Crippen molar-refractivity contribution < 1.29 is 22.1 Å². The topological polar surface area (TPSA) is 125 Å². The molecule has 10 heteroatoms. The average molecular weight is 495 g/mol. The molecule has 0 aliphatic carbocycles. The number of imidazole rings is 1. The van der Waals surface area contributed by atoms with Crippen molar-refractivity contribution in [3.8, 4) is 22.8 Å². The lowest BCUT2D eigenvalue weighted by atomic mass is 10.0. The van der Waals surface area contributed by atoms with E-state index >= 15 is 0 Å². The van der Waals surface area contributed by atoms with Crippen molar-refractivity contribution in [2.24, 2.45) is 5.73 Å². The Balaban J connectivity index is 1.96. The minimum absolute atomic E-state index is 0.0567. The fourth-order valence-electron chi connectivity index (χ4n) is 3.93.